The van der Waals surface area contributed by atoms with Gasteiger partial charge in [-0.25, -0.2) is 9.59 Å². The molecule has 0 saturated carbocycles. The van der Waals surface area contributed by atoms with Crippen molar-refractivity contribution >= 4 is 18.0 Å². The molecule has 2 aliphatic rings. The normalized spacial score (nSPS) is 30.6. The van der Waals surface area contributed by atoms with E-state index in [-0.39, 0.29) is 5.56 Å². The Bertz CT molecular complexity index is 1360. The molecule has 2 aliphatic heterocycles. The predicted molar refractivity (Wildman–Crippen MR) is 157 cm³/mol. The third-order valence-electron chi connectivity index (χ3n) is 7.61. The van der Waals surface area contributed by atoms with E-state index >= 15 is 0 Å². The lowest BCUT2D eigenvalue weighted by Crippen LogP contribution is -2.63. The molecule has 0 bridgehead atoms. The summed E-state index contributed by atoms with van der Waals surface area (Å²) in [4.78, 5) is 25.6. The lowest BCUT2D eigenvalue weighted by atomic mass is 9.98. The van der Waals surface area contributed by atoms with E-state index in [4.69, 9.17) is 37.9 Å². The summed E-state index contributed by atoms with van der Waals surface area (Å²) in [6, 6.07) is 10.9. The van der Waals surface area contributed by atoms with Crippen LogP contribution in [0, 0.1) is 0 Å². The van der Waals surface area contributed by atoms with Gasteiger partial charge in [-0.2, -0.15) is 0 Å². The topological polar surface area (TPSA) is 229 Å². The number of rotatable bonds is 13. The minimum Gasteiger partial charge on any atom is -0.493 e. The summed E-state index contributed by atoms with van der Waals surface area (Å²) in [5, 5.41) is 62.8. The smallest absolute Gasteiger partial charge is 0.338 e. The molecule has 16 nitrogen and oxygen atoms in total. The third-order valence-corrected chi connectivity index (χ3v) is 7.61. The van der Waals surface area contributed by atoms with Crippen molar-refractivity contribution in [1.29, 1.82) is 0 Å². The van der Waals surface area contributed by atoms with E-state index in [1.54, 1.807) is 30.3 Å². The van der Waals surface area contributed by atoms with E-state index in [1.165, 1.54) is 39.5 Å². The Hall–Kier alpha value is -3.84. The van der Waals surface area contributed by atoms with Gasteiger partial charge in [0, 0.05) is 6.08 Å². The average Bonchev–Trinajstić information content (AvgIpc) is 3.36. The summed E-state index contributed by atoms with van der Waals surface area (Å²) in [6.45, 7) is -2.71. The lowest BCUT2D eigenvalue weighted by Gasteiger charge is -2.44. The van der Waals surface area contributed by atoms with Crippen LogP contribution in [0.1, 0.15) is 15.9 Å². The van der Waals surface area contributed by atoms with Gasteiger partial charge in [-0.1, -0.05) is 18.2 Å². The van der Waals surface area contributed by atoms with Gasteiger partial charge in [-0.3, -0.25) is 0 Å². The maximum Gasteiger partial charge on any atom is 0.338 e. The molecule has 16 heteroatoms. The molecule has 0 radical (unpaired) electrons. The molecule has 6 N–H and O–H groups in total. The Morgan fingerprint density at radius 1 is 0.851 bits per heavy atom. The van der Waals surface area contributed by atoms with Crippen molar-refractivity contribution in [3.63, 3.8) is 0 Å². The fourth-order valence-corrected chi connectivity index (χ4v) is 5.20. The summed E-state index contributed by atoms with van der Waals surface area (Å²) in [6.07, 6.45) is -11.4. The maximum atomic E-state index is 13.0. The zero-order valence-electron chi connectivity index (χ0n) is 25.7. The third kappa shape index (κ3) is 7.67. The Balaban J connectivity index is 1.53. The molecule has 9 atom stereocenters. The number of hydrogen-bond acceptors (Lipinski definition) is 16. The van der Waals surface area contributed by atoms with Crippen molar-refractivity contribution in [3.05, 3.63) is 59.7 Å². The quantitative estimate of drug-likeness (QED) is 0.108. The zero-order chi connectivity index (χ0) is 34.3. The number of aliphatic hydroxyl groups is 6. The summed E-state index contributed by atoms with van der Waals surface area (Å²) in [7, 11) is 4.26. The number of methoxy groups -OCH3 is 3. The minimum absolute atomic E-state index is 0.135. The molecule has 2 fully saturated rings. The van der Waals surface area contributed by atoms with Crippen molar-refractivity contribution in [3.8, 4) is 17.2 Å². The van der Waals surface area contributed by atoms with E-state index in [1.807, 2.05) is 0 Å². The standard InChI is InChI=1S/C31H38O16/c1-40-18-11-16(12-19(41-2)26(18)42-3)9-10-22(35)44-28-23(36)20(13-32)46-31(28,15-34)47-30-25(38)24(37)27(21(14-33)43-30)45-29(39)17-7-5-4-6-8-17/h4-12,20-21,23-25,27-28,30,32-34,36-38H,13-15H2,1-3H3/b10-9+/t20-,21-,23-,24-,25-,27-,28+,30-,31-/m1/s1. The highest BCUT2D eigenvalue weighted by molar-refractivity contribution is 5.89. The van der Waals surface area contributed by atoms with Crippen LogP contribution in [0.3, 0.4) is 0 Å². The molecule has 2 aromatic carbocycles. The minimum atomic E-state index is -2.44. The van der Waals surface area contributed by atoms with Gasteiger partial charge >= 0.3 is 11.9 Å². The van der Waals surface area contributed by atoms with E-state index in [0.29, 0.717) is 22.8 Å². The molecule has 258 valence electrons. The highest BCUT2D eigenvalue weighted by atomic mass is 16.8. The molecule has 47 heavy (non-hydrogen) atoms. The number of carbonyl (C=O) groups is 2. The maximum absolute atomic E-state index is 13.0. The monoisotopic (exact) mass is 666 g/mol. The van der Waals surface area contributed by atoms with Gasteiger partial charge in [0.25, 0.3) is 0 Å². The van der Waals surface area contributed by atoms with Crippen molar-refractivity contribution < 1.29 is 78.1 Å². The Labute approximate surface area is 269 Å². The van der Waals surface area contributed by atoms with Gasteiger partial charge in [0.1, 0.15) is 37.1 Å². The number of benzene rings is 2. The number of ether oxygens (including phenoxy) is 8. The van der Waals surface area contributed by atoms with Crippen LogP contribution in [0.2, 0.25) is 0 Å². The molecule has 4 rings (SSSR count). The van der Waals surface area contributed by atoms with E-state index in [0.717, 1.165) is 6.08 Å². The molecule has 0 amide bonds. The Morgan fingerprint density at radius 3 is 2.04 bits per heavy atom. The molecule has 2 saturated heterocycles. The largest absolute Gasteiger partial charge is 0.493 e. The first-order chi connectivity index (χ1) is 22.6. The van der Waals surface area contributed by atoms with E-state index in [9.17, 15) is 40.2 Å². The summed E-state index contributed by atoms with van der Waals surface area (Å²) >= 11 is 0. The fraction of sp³-hybridized carbons (Fsp3) is 0.484. The molecular weight excluding hydrogens is 628 g/mol. The van der Waals surface area contributed by atoms with Crippen molar-refractivity contribution in [1.82, 2.24) is 0 Å². The molecule has 2 aromatic rings. The van der Waals surface area contributed by atoms with Crippen LogP contribution in [-0.2, 0) is 28.5 Å². The van der Waals surface area contributed by atoms with Gasteiger partial charge in [-0.05, 0) is 35.9 Å². The highest BCUT2D eigenvalue weighted by Crippen LogP contribution is 2.40. The molecule has 0 aliphatic carbocycles. The number of carbonyl (C=O) groups excluding carboxylic acids is 2. The summed E-state index contributed by atoms with van der Waals surface area (Å²) < 4.78 is 43.5. The second kappa shape index (κ2) is 15.8. The zero-order valence-corrected chi connectivity index (χ0v) is 25.7. The number of esters is 2. The number of aliphatic hydroxyl groups excluding tert-OH is 6. The van der Waals surface area contributed by atoms with Crippen molar-refractivity contribution in [2.75, 3.05) is 41.2 Å². The number of hydrogen-bond donors (Lipinski definition) is 6. The first-order valence-corrected chi connectivity index (χ1v) is 14.4. The molecule has 0 spiro atoms. The molecule has 2 heterocycles. The SMILES string of the molecule is COc1cc(/C=C/C(=O)O[C@H]2[C@H](O)[C@@H](CO)O[C@]2(CO)O[C@H]2O[C@H](CO)[C@@H](OC(=O)c3ccccc3)[C@H](O)[C@H]2O)cc(OC)c1OC. The molecule has 0 unspecified atom stereocenters. The van der Waals surface area contributed by atoms with Crippen molar-refractivity contribution in [2.45, 2.75) is 54.8 Å². The van der Waals surface area contributed by atoms with Crippen LogP contribution in [0.25, 0.3) is 6.08 Å². The van der Waals surface area contributed by atoms with Crippen LogP contribution < -0.4 is 14.2 Å². The fourth-order valence-electron chi connectivity index (χ4n) is 5.20. The van der Waals surface area contributed by atoms with Gasteiger partial charge in [0.05, 0.1) is 40.1 Å². The van der Waals surface area contributed by atoms with E-state index < -0.39 is 86.6 Å². The molecular formula is C31H38O16. The van der Waals surface area contributed by atoms with Gasteiger partial charge in [0.15, 0.2) is 30.0 Å². The van der Waals surface area contributed by atoms with Gasteiger partial charge < -0.3 is 68.5 Å². The van der Waals surface area contributed by atoms with Crippen LogP contribution in [-0.4, -0.2) is 139 Å². The highest BCUT2D eigenvalue weighted by Gasteiger charge is 2.61. The van der Waals surface area contributed by atoms with Gasteiger partial charge in [-0.15, -0.1) is 0 Å². The van der Waals surface area contributed by atoms with Crippen LogP contribution in [0.15, 0.2) is 48.5 Å². The van der Waals surface area contributed by atoms with Crippen molar-refractivity contribution in [2.24, 2.45) is 0 Å². The Morgan fingerprint density at radius 2 is 1.49 bits per heavy atom. The second-order valence-corrected chi connectivity index (χ2v) is 10.5. The summed E-state index contributed by atoms with van der Waals surface area (Å²) in [5.41, 5.74) is 0.568. The first-order valence-electron chi connectivity index (χ1n) is 14.4. The van der Waals surface area contributed by atoms with Crippen LogP contribution >= 0.6 is 0 Å². The average molecular weight is 667 g/mol. The molecule has 0 aromatic heterocycles. The van der Waals surface area contributed by atoms with E-state index in [2.05, 4.69) is 0 Å². The predicted octanol–water partition coefficient (Wildman–Crippen LogP) is -1.24. The first kappa shape index (κ1) is 36.0. The second-order valence-electron chi connectivity index (χ2n) is 10.5. The lowest BCUT2D eigenvalue weighted by molar-refractivity contribution is -0.383. The summed E-state index contributed by atoms with van der Waals surface area (Å²) in [5.74, 6) is -3.41. The van der Waals surface area contributed by atoms with Crippen LogP contribution in [0.4, 0.5) is 0 Å². The van der Waals surface area contributed by atoms with Crippen LogP contribution in [0.5, 0.6) is 17.2 Å². The van der Waals surface area contributed by atoms with Gasteiger partial charge in [0.2, 0.25) is 11.5 Å². The Kier molecular flexibility index (Phi) is 12.1.